The van der Waals surface area contributed by atoms with E-state index in [2.05, 4.69) is 32.5 Å². The minimum atomic E-state index is -0.286. The molecular formula is C31H39ClN6O3. The summed E-state index contributed by atoms with van der Waals surface area (Å²) in [5.74, 6) is 2.10. The number of carbonyl (C=O) groups excluding carboxylic acids is 2. The van der Waals surface area contributed by atoms with E-state index < -0.39 is 0 Å². The predicted octanol–water partition coefficient (Wildman–Crippen LogP) is 3.75. The quantitative estimate of drug-likeness (QED) is 0.488. The third-order valence-corrected chi connectivity index (χ3v) is 9.08. The average molecular weight is 579 g/mol. The normalized spacial score (nSPS) is 24.4. The lowest BCUT2D eigenvalue weighted by molar-refractivity contribution is -0.156. The Morgan fingerprint density at radius 2 is 1.76 bits per heavy atom. The zero-order chi connectivity index (χ0) is 28.2. The van der Waals surface area contributed by atoms with Crippen molar-refractivity contribution in [3.63, 3.8) is 0 Å². The van der Waals surface area contributed by atoms with Gasteiger partial charge in [-0.3, -0.25) is 24.8 Å². The molecule has 2 amide bonds. The van der Waals surface area contributed by atoms with E-state index in [4.69, 9.17) is 16.3 Å². The van der Waals surface area contributed by atoms with E-state index in [1.54, 1.807) is 0 Å². The number of rotatable bonds is 9. The molecule has 2 saturated heterocycles. The molecule has 3 heterocycles. The fourth-order valence-corrected chi connectivity index (χ4v) is 6.73. The zero-order valence-electron chi connectivity index (χ0n) is 23.5. The van der Waals surface area contributed by atoms with Crippen LogP contribution in [0, 0.1) is 5.92 Å². The van der Waals surface area contributed by atoms with Gasteiger partial charge in [-0.05, 0) is 42.7 Å². The molecule has 3 unspecified atom stereocenters. The standard InChI is InChI=1S/C31H39ClN6O3/c32-24-10-12-25(13-11-24)41-21-20-35-16-18-36(19-17-35)29(39)15-14-28-33-34-31-37(22-23-6-2-1-3-7-23)30(40)26-8-4-5-9-27(26)38(28)31/h1-3,6-7,10-13,26-27,31,34H,4-5,8-9,14-22H2. The van der Waals surface area contributed by atoms with Crippen LogP contribution in [-0.2, 0) is 16.1 Å². The molecule has 0 spiro atoms. The van der Waals surface area contributed by atoms with Gasteiger partial charge in [0.2, 0.25) is 11.8 Å². The largest absolute Gasteiger partial charge is 0.492 e. The molecule has 2 aromatic carbocycles. The van der Waals surface area contributed by atoms with Crippen LogP contribution in [0.1, 0.15) is 44.1 Å². The van der Waals surface area contributed by atoms with Crippen LogP contribution in [-0.4, -0.2) is 88.9 Å². The molecule has 3 atom stereocenters. The van der Waals surface area contributed by atoms with Crippen molar-refractivity contribution in [1.82, 2.24) is 25.0 Å². The summed E-state index contributed by atoms with van der Waals surface area (Å²) in [6, 6.07) is 17.7. The highest BCUT2D eigenvalue weighted by Crippen LogP contribution is 2.38. The van der Waals surface area contributed by atoms with Crippen molar-refractivity contribution in [3.8, 4) is 5.75 Å². The summed E-state index contributed by atoms with van der Waals surface area (Å²) in [5, 5.41) is 5.39. The van der Waals surface area contributed by atoms with E-state index in [-0.39, 0.29) is 30.1 Å². The first-order valence-electron chi connectivity index (χ1n) is 14.9. The highest BCUT2D eigenvalue weighted by atomic mass is 35.5. The van der Waals surface area contributed by atoms with Crippen LogP contribution >= 0.6 is 11.6 Å². The number of hydrogen-bond donors (Lipinski definition) is 1. The van der Waals surface area contributed by atoms with Gasteiger partial charge in [0.05, 0.1) is 5.92 Å². The molecular weight excluding hydrogens is 540 g/mol. The minimum Gasteiger partial charge on any atom is -0.492 e. The van der Waals surface area contributed by atoms with Gasteiger partial charge in [-0.2, -0.15) is 5.10 Å². The van der Waals surface area contributed by atoms with Crippen LogP contribution in [0.15, 0.2) is 59.7 Å². The molecule has 9 nitrogen and oxygen atoms in total. The summed E-state index contributed by atoms with van der Waals surface area (Å²) in [7, 11) is 0. The summed E-state index contributed by atoms with van der Waals surface area (Å²) in [6.07, 6.45) is 4.83. The molecule has 6 rings (SSSR count). The van der Waals surface area contributed by atoms with Gasteiger partial charge in [0.15, 0.2) is 6.29 Å². The van der Waals surface area contributed by atoms with Gasteiger partial charge in [-0.25, -0.2) is 0 Å². The number of nitrogens with one attached hydrogen (secondary N) is 1. The first kappa shape index (κ1) is 27.8. The molecule has 0 radical (unpaired) electrons. The van der Waals surface area contributed by atoms with Crippen LogP contribution in [0.3, 0.4) is 0 Å². The van der Waals surface area contributed by atoms with E-state index in [0.717, 1.165) is 75.6 Å². The maximum absolute atomic E-state index is 13.6. The highest BCUT2D eigenvalue weighted by Gasteiger charge is 2.50. The van der Waals surface area contributed by atoms with Crippen LogP contribution < -0.4 is 10.2 Å². The fourth-order valence-electron chi connectivity index (χ4n) is 6.60. The van der Waals surface area contributed by atoms with Crippen LogP contribution in [0.4, 0.5) is 0 Å². The second kappa shape index (κ2) is 12.7. The van der Waals surface area contributed by atoms with Crippen molar-refractivity contribution in [2.75, 3.05) is 39.3 Å². The number of hydrazone groups is 1. The van der Waals surface area contributed by atoms with Gasteiger partial charge in [-0.1, -0.05) is 54.8 Å². The number of amides is 2. The van der Waals surface area contributed by atoms with Crippen molar-refractivity contribution in [3.05, 3.63) is 65.2 Å². The number of amidine groups is 1. The fraction of sp³-hybridized carbons (Fsp3) is 0.516. The van der Waals surface area contributed by atoms with Crippen LogP contribution in [0.25, 0.3) is 0 Å². The molecule has 3 fully saturated rings. The Morgan fingerprint density at radius 1 is 1.00 bits per heavy atom. The van der Waals surface area contributed by atoms with Gasteiger partial charge in [0.1, 0.15) is 18.2 Å². The maximum Gasteiger partial charge on any atom is 0.231 e. The van der Waals surface area contributed by atoms with Crippen molar-refractivity contribution < 1.29 is 14.3 Å². The monoisotopic (exact) mass is 578 g/mol. The summed E-state index contributed by atoms with van der Waals surface area (Å²) in [5.41, 5.74) is 4.36. The summed E-state index contributed by atoms with van der Waals surface area (Å²) in [6.45, 7) is 5.10. The Morgan fingerprint density at radius 3 is 2.54 bits per heavy atom. The topological polar surface area (TPSA) is 80.7 Å². The van der Waals surface area contributed by atoms with Gasteiger partial charge in [0, 0.05) is 63.2 Å². The lowest BCUT2D eigenvalue weighted by Gasteiger charge is -2.50. The van der Waals surface area contributed by atoms with Crippen molar-refractivity contribution in [2.45, 2.75) is 57.4 Å². The molecule has 0 bridgehead atoms. The SMILES string of the molecule is O=C(CCC1=NNC2N(Cc3ccccc3)C(=O)C3CCCCC3N12)N1CCN(CCOc2ccc(Cl)cc2)CC1. The molecule has 218 valence electrons. The molecule has 4 aliphatic rings. The van der Waals surface area contributed by atoms with Crippen LogP contribution in [0.2, 0.25) is 5.02 Å². The highest BCUT2D eigenvalue weighted by molar-refractivity contribution is 6.30. The number of carbonyl (C=O) groups is 2. The number of halogens is 1. The Kier molecular flexibility index (Phi) is 8.62. The second-order valence-corrected chi connectivity index (χ2v) is 11.8. The molecule has 1 aliphatic carbocycles. The van der Waals surface area contributed by atoms with Crippen molar-refractivity contribution in [2.24, 2.45) is 11.0 Å². The summed E-state index contributed by atoms with van der Waals surface area (Å²) < 4.78 is 5.83. The van der Waals surface area contributed by atoms with Crippen molar-refractivity contribution >= 4 is 29.3 Å². The number of nitrogens with zero attached hydrogens (tertiary/aromatic N) is 5. The van der Waals surface area contributed by atoms with Gasteiger partial charge < -0.3 is 14.5 Å². The zero-order valence-corrected chi connectivity index (χ0v) is 24.2. The minimum absolute atomic E-state index is 0.0127. The third-order valence-electron chi connectivity index (χ3n) is 8.83. The number of ether oxygens (including phenoxy) is 1. The number of fused-ring (bicyclic) bond motifs is 3. The Labute approximate surface area is 247 Å². The number of hydrogen-bond acceptors (Lipinski definition) is 7. The Balaban J connectivity index is 1.00. The Bertz CT molecular complexity index is 1230. The van der Waals surface area contributed by atoms with Crippen molar-refractivity contribution in [1.29, 1.82) is 0 Å². The van der Waals surface area contributed by atoms with Crippen LogP contribution in [0.5, 0.6) is 5.75 Å². The van der Waals surface area contributed by atoms with Gasteiger partial charge >= 0.3 is 0 Å². The van der Waals surface area contributed by atoms with E-state index in [0.29, 0.717) is 31.0 Å². The maximum atomic E-state index is 13.6. The van der Waals surface area contributed by atoms with Gasteiger partial charge in [-0.15, -0.1) is 0 Å². The smallest absolute Gasteiger partial charge is 0.231 e. The molecule has 41 heavy (non-hydrogen) atoms. The van der Waals surface area contributed by atoms with E-state index >= 15 is 0 Å². The van der Waals surface area contributed by atoms with E-state index in [1.807, 2.05) is 52.3 Å². The summed E-state index contributed by atoms with van der Waals surface area (Å²) >= 11 is 5.94. The molecule has 10 heteroatoms. The lowest BCUT2D eigenvalue weighted by Crippen LogP contribution is -2.67. The molecule has 1 N–H and O–H groups in total. The summed E-state index contributed by atoms with van der Waals surface area (Å²) in [4.78, 5) is 35.4. The second-order valence-electron chi connectivity index (χ2n) is 11.4. The molecule has 2 aromatic rings. The lowest BCUT2D eigenvalue weighted by atomic mass is 9.80. The number of benzene rings is 2. The Hall–Kier alpha value is -3.30. The third kappa shape index (κ3) is 6.31. The average Bonchev–Trinajstić information content (AvgIpc) is 3.44. The first-order valence-corrected chi connectivity index (χ1v) is 15.3. The molecule has 3 aliphatic heterocycles. The van der Waals surface area contributed by atoms with E-state index in [9.17, 15) is 9.59 Å². The predicted molar refractivity (Wildman–Crippen MR) is 158 cm³/mol. The van der Waals surface area contributed by atoms with E-state index in [1.165, 1.54) is 0 Å². The molecule has 1 saturated carbocycles. The molecule has 0 aromatic heterocycles. The number of piperazine rings is 1. The van der Waals surface area contributed by atoms with Gasteiger partial charge in [0.25, 0.3) is 0 Å². The first-order chi connectivity index (χ1) is 20.1.